The molecular weight excluding hydrogens is 414 g/mol. The number of nitriles is 1. The van der Waals surface area contributed by atoms with Crippen molar-refractivity contribution in [1.29, 1.82) is 5.26 Å². The van der Waals surface area contributed by atoms with Crippen LogP contribution >= 0.6 is 0 Å². The smallest absolute Gasteiger partial charge is 0.243 e. The van der Waals surface area contributed by atoms with E-state index in [1.165, 1.54) is 11.1 Å². The van der Waals surface area contributed by atoms with Crippen molar-refractivity contribution < 1.29 is 9.53 Å². The lowest BCUT2D eigenvalue weighted by molar-refractivity contribution is -0.138. The molecule has 1 saturated heterocycles. The molecule has 1 fully saturated rings. The van der Waals surface area contributed by atoms with Gasteiger partial charge in [0.15, 0.2) is 5.82 Å². The van der Waals surface area contributed by atoms with E-state index >= 15 is 0 Å². The van der Waals surface area contributed by atoms with Crippen LogP contribution in [0.3, 0.4) is 0 Å². The molecule has 3 heterocycles. The summed E-state index contributed by atoms with van der Waals surface area (Å²) in [5.74, 6) is 2.47. The molecule has 1 amide bonds. The zero-order valence-electron chi connectivity index (χ0n) is 20.1. The Hall–Kier alpha value is -3.14. The standard InChI is InChI=1S/C26H33N5O2/c1-18-20-10-7-14-30(16-13-19-9-5-6-12-22(19)33-4)24(20)29-23(28-18)21-11-8-15-31(21)25(32)26(2,3)17-27/h5-6,9,12,21H,7-8,10-11,13-16H2,1-4H3. The molecule has 2 aliphatic heterocycles. The number of hydrogen-bond donors (Lipinski definition) is 0. The molecule has 1 aromatic heterocycles. The lowest BCUT2D eigenvalue weighted by Gasteiger charge is -2.33. The number of aryl methyl sites for hydroxylation is 1. The lowest BCUT2D eigenvalue weighted by atomic mass is 9.93. The average Bonchev–Trinajstić information content (AvgIpc) is 3.32. The molecule has 2 aliphatic rings. The van der Waals surface area contributed by atoms with Gasteiger partial charge < -0.3 is 14.5 Å². The van der Waals surface area contributed by atoms with Crippen molar-refractivity contribution >= 4 is 11.7 Å². The zero-order valence-corrected chi connectivity index (χ0v) is 20.1. The number of amides is 1. The summed E-state index contributed by atoms with van der Waals surface area (Å²) in [6.07, 6.45) is 4.64. The summed E-state index contributed by atoms with van der Waals surface area (Å²) >= 11 is 0. The average molecular weight is 448 g/mol. The first-order valence-electron chi connectivity index (χ1n) is 11.8. The zero-order chi connectivity index (χ0) is 23.6. The first kappa shape index (κ1) is 23.0. The highest BCUT2D eigenvalue weighted by Gasteiger charge is 2.40. The van der Waals surface area contributed by atoms with Crippen LogP contribution in [-0.4, -0.2) is 47.5 Å². The summed E-state index contributed by atoms with van der Waals surface area (Å²) < 4.78 is 5.53. The highest BCUT2D eigenvalue weighted by Crippen LogP contribution is 2.36. The number of carbonyl (C=O) groups is 1. The molecule has 1 aromatic carbocycles. The molecule has 0 bridgehead atoms. The predicted octanol–water partition coefficient (Wildman–Crippen LogP) is 4.00. The van der Waals surface area contributed by atoms with Crippen molar-refractivity contribution in [2.24, 2.45) is 5.41 Å². The van der Waals surface area contributed by atoms with Crippen LogP contribution in [0.25, 0.3) is 0 Å². The Morgan fingerprint density at radius 1 is 1.24 bits per heavy atom. The highest BCUT2D eigenvalue weighted by molar-refractivity contribution is 5.85. The number of likely N-dealkylation sites (tertiary alicyclic amines) is 1. The van der Waals surface area contributed by atoms with E-state index in [1.54, 1.807) is 21.0 Å². The van der Waals surface area contributed by atoms with Crippen molar-refractivity contribution in [1.82, 2.24) is 14.9 Å². The topological polar surface area (TPSA) is 82.4 Å². The van der Waals surface area contributed by atoms with E-state index in [0.29, 0.717) is 12.4 Å². The van der Waals surface area contributed by atoms with Gasteiger partial charge >= 0.3 is 0 Å². The second-order valence-corrected chi connectivity index (χ2v) is 9.52. The molecule has 0 saturated carbocycles. The Morgan fingerprint density at radius 3 is 2.79 bits per heavy atom. The summed E-state index contributed by atoms with van der Waals surface area (Å²) in [6.45, 7) is 7.86. The van der Waals surface area contributed by atoms with Crippen LogP contribution in [0.2, 0.25) is 0 Å². The fourth-order valence-electron chi connectivity index (χ4n) is 4.93. The molecule has 0 N–H and O–H groups in total. The van der Waals surface area contributed by atoms with Crippen LogP contribution in [-0.2, 0) is 17.6 Å². The Bertz CT molecular complexity index is 1070. The molecule has 33 heavy (non-hydrogen) atoms. The van der Waals surface area contributed by atoms with E-state index in [9.17, 15) is 10.1 Å². The SMILES string of the molecule is COc1ccccc1CCN1CCCc2c(C)nc(C3CCCN3C(=O)C(C)(C)C#N)nc21. The fraction of sp³-hybridized carbons (Fsp3) is 0.538. The van der Waals surface area contributed by atoms with E-state index in [-0.39, 0.29) is 11.9 Å². The van der Waals surface area contributed by atoms with Gasteiger partial charge in [-0.05, 0) is 64.5 Å². The largest absolute Gasteiger partial charge is 0.496 e. The van der Waals surface area contributed by atoms with Crippen molar-refractivity contribution in [2.45, 2.75) is 58.9 Å². The Labute approximate surface area is 196 Å². The maximum absolute atomic E-state index is 13.1. The number of ether oxygens (including phenoxy) is 1. The van der Waals surface area contributed by atoms with Gasteiger partial charge in [0.05, 0.1) is 19.2 Å². The monoisotopic (exact) mass is 447 g/mol. The third kappa shape index (κ3) is 4.52. The Morgan fingerprint density at radius 2 is 2.03 bits per heavy atom. The maximum Gasteiger partial charge on any atom is 0.243 e. The Balaban J connectivity index is 1.61. The van der Waals surface area contributed by atoms with Crippen molar-refractivity contribution in [3.05, 3.63) is 46.9 Å². The summed E-state index contributed by atoms with van der Waals surface area (Å²) in [4.78, 5) is 27.1. The first-order valence-corrected chi connectivity index (χ1v) is 11.8. The van der Waals surface area contributed by atoms with Crippen LogP contribution < -0.4 is 9.64 Å². The number of nitrogens with zero attached hydrogens (tertiary/aromatic N) is 5. The van der Waals surface area contributed by atoms with Gasteiger partial charge in [-0.25, -0.2) is 9.97 Å². The van der Waals surface area contributed by atoms with Crippen LogP contribution in [0.4, 0.5) is 5.82 Å². The molecule has 0 spiro atoms. The van der Waals surface area contributed by atoms with Gasteiger partial charge in [0.2, 0.25) is 5.91 Å². The van der Waals surface area contributed by atoms with Crippen molar-refractivity contribution in [2.75, 3.05) is 31.6 Å². The molecule has 1 atom stereocenters. The summed E-state index contributed by atoms with van der Waals surface area (Å²) in [5.41, 5.74) is 2.34. The number of carbonyl (C=O) groups excluding carboxylic acids is 1. The van der Waals surface area contributed by atoms with E-state index in [2.05, 4.69) is 17.0 Å². The number of methoxy groups -OCH3 is 1. The molecule has 2 aromatic rings. The number of rotatable bonds is 6. The number of para-hydroxylation sites is 1. The van der Waals surface area contributed by atoms with Gasteiger partial charge in [-0.1, -0.05) is 18.2 Å². The minimum Gasteiger partial charge on any atom is -0.496 e. The van der Waals surface area contributed by atoms with Gasteiger partial charge in [-0.3, -0.25) is 4.79 Å². The molecule has 0 radical (unpaired) electrons. The summed E-state index contributed by atoms with van der Waals surface area (Å²) in [5, 5.41) is 9.46. The van der Waals surface area contributed by atoms with E-state index in [1.807, 2.05) is 30.0 Å². The third-order valence-corrected chi connectivity index (χ3v) is 6.83. The highest BCUT2D eigenvalue weighted by atomic mass is 16.5. The quantitative estimate of drug-likeness (QED) is 0.666. The second-order valence-electron chi connectivity index (χ2n) is 9.52. The number of hydrogen-bond acceptors (Lipinski definition) is 6. The van der Waals surface area contributed by atoms with Crippen molar-refractivity contribution in [3.8, 4) is 11.8 Å². The molecule has 7 heteroatoms. The minimum atomic E-state index is -1.05. The van der Waals surface area contributed by atoms with Gasteiger partial charge in [-0.2, -0.15) is 5.26 Å². The maximum atomic E-state index is 13.1. The normalized spacial score (nSPS) is 18.1. The van der Waals surface area contributed by atoms with Gasteiger partial charge in [0.1, 0.15) is 17.0 Å². The number of benzene rings is 1. The van der Waals surface area contributed by atoms with Crippen LogP contribution in [0, 0.1) is 23.7 Å². The number of anilines is 1. The molecule has 174 valence electrons. The van der Waals surface area contributed by atoms with Gasteiger partial charge in [-0.15, -0.1) is 0 Å². The van der Waals surface area contributed by atoms with Gasteiger partial charge in [0.25, 0.3) is 0 Å². The lowest BCUT2D eigenvalue weighted by Crippen LogP contribution is -2.40. The number of aromatic nitrogens is 2. The molecule has 4 rings (SSSR count). The van der Waals surface area contributed by atoms with E-state index in [0.717, 1.165) is 62.5 Å². The molecule has 7 nitrogen and oxygen atoms in total. The van der Waals surface area contributed by atoms with Gasteiger partial charge in [0, 0.05) is 30.9 Å². The minimum absolute atomic E-state index is 0.139. The van der Waals surface area contributed by atoms with Crippen LogP contribution in [0.5, 0.6) is 5.75 Å². The second kappa shape index (κ2) is 9.38. The van der Waals surface area contributed by atoms with Crippen molar-refractivity contribution in [3.63, 3.8) is 0 Å². The molecule has 0 aliphatic carbocycles. The summed E-state index contributed by atoms with van der Waals surface area (Å²) in [7, 11) is 1.71. The van der Waals surface area contributed by atoms with Crippen LogP contribution in [0.1, 0.15) is 61.8 Å². The molecule has 1 unspecified atom stereocenters. The predicted molar refractivity (Wildman–Crippen MR) is 127 cm³/mol. The van der Waals surface area contributed by atoms with Crippen LogP contribution in [0.15, 0.2) is 24.3 Å². The first-order chi connectivity index (χ1) is 15.9. The fourth-order valence-corrected chi connectivity index (χ4v) is 4.93. The third-order valence-electron chi connectivity index (χ3n) is 6.83. The molecular formula is C26H33N5O2. The van der Waals surface area contributed by atoms with E-state index in [4.69, 9.17) is 14.7 Å². The van der Waals surface area contributed by atoms with E-state index < -0.39 is 5.41 Å². The Kier molecular flexibility index (Phi) is 6.55. The number of fused-ring (bicyclic) bond motifs is 1. The summed E-state index contributed by atoms with van der Waals surface area (Å²) in [6, 6.07) is 10.1.